The van der Waals surface area contributed by atoms with Gasteiger partial charge in [-0.3, -0.25) is 9.59 Å². The van der Waals surface area contributed by atoms with Gasteiger partial charge in [0.1, 0.15) is 0 Å². The summed E-state index contributed by atoms with van der Waals surface area (Å²) in [4.78, 5) is 39.9. The van der Waals surface area contributed by atoms with E-state index in [0.717, 1.165) is 18.4 Å². The Morgan fingerprint density at radius 3 is 2.35 bits per heavy atom. The van der Waals surface area contributed by atoms with Gasteiger partial charge < -0.3 is 9.64 Å². The fourth-order valence-corrected chi connectivity index (χ4v) is 3.79. The molecule has 0 bridgehead atoms. The van der Waals surface area contributed by atoms with Gasteiger partial charge in [0.05, 0.1) is 11.9 Å². The van der Waals surface area contributed by atoms with Gasteiger partial charge in [-0.15, -0.1) is 0 Å². The van der Waals surface area contributed by atoms with E-state index in [9.17, 15) is 14.4 Å². The number of piperidine rings is 1. The Balaban J connectivity index is 1.57. The minimum Gasteiger partial charge on any atom is -0.451 e. The third-order valence-corrected chi connectivity index (χ3v) is 5.70. The monoisotopic (exact) mass is 419 g/mol. The molecule has 0 N–H and O–H groups in total. The zero-order valence-electron chi connectivity index (χ0n) is 17.5. The molecule has 0 saturated carbocycles. The molecule has 0 atom stereocenters. The van der Waals surface area contributed by atoms with Gasteiger partial charge in [-0.05, 0) is 30.4 Å². The van der Waals surface area contributed by atoms with Gasteiger partial charge in [0, 0.05) is 18.5 Å². The molecule has 0 unspecified atom stereocenters. The van der Waals surface area contributed by atoms with Crippen LogP contribution in [0.1, 0.15) is 35.8 Å². The standard InChI is InChI=1S/C24H25N3O4/c1-17-11-13-26(14-12-17)21(28)16-31-24(30)22-19-9-5-6-10-20(19)23(29)27(25-22)15-18-7-3-2-4-8-18/h2-10,17H,11-16H2,1H3. The second kappa shape index (κ2) is 9.12. The lowest BCUT2D eigenvalue weighted by Gasteiger charge is -2.30. The first-order chi connectivity index (χ1) is 15.0. The summed E-state index contributed by atoms with van der Waals surface area (Å²) in [6, 6.07) is 16.2. The lowest BCUT2D eigenvalue weighted by Crippen LogP contribution is -2.40. The third-order valence-electron chi connectivity index (χ3n) is 5.70. The first-order valence-electron chi connectivity index (χ1n) is 10.5. The Labute approximate surface area is 180 Å². The number of likely N-dealkylation sites (tertiary alicyclic amines) is 1. The van der Waals surface area contributed by atoms with Gasteiger partial charge in [-0.1, -0.05) is 55.5 Å². The number of fused-ring (bicyclic) bond motifs is 1. The number of carbonyl (C=O) groups is 2. The van der Waals surface area contributed by atoms with Crippen molar-refractivity contribution in [1.82, 2.24) is 14.7 Å². The van der Waals surface area contributed by atoms with Crippen LogP contribution < -0.4 is 5.56 Å². The number of carbonyl (C=O) groups excluding carboxylic acids is 2. The van der Waals surface area contributed by atoms with Crippen LogP contribution in [-0.4, -0.2) is 46.3 Å². The highest BCUT2D eigenvalue weighted by atomic mass is 16.5. The Morgan fingerprint density at radius 2 is 1.65 bits per heavy atom. The molecule has 1 aliphatic heterocycles. The van der Waals surface area contributed by atoms with Crippen molar-refractivity contribution in [2.75, 3.05) is 19.7 Å². The Kier molecular flexibility index (Phi) is 6.11. The van der Waals surface area contributed by atoms with Crippen LogP contribution in [0.4, 0.5) is 0 Å². The Morgan fingerprint density at radius 1 is 1.00 bits per heavy atom. The summed E-state index contributed by atoms with van der Waals surface area (Å²) in [6.07, 6.45) is 1.91. The molecule has 31 heavy (non-hydrogen) atoms. The van der Waals surface area contributed by atoms with E-state index in [2.05, 4.69) is 12.0 Å². The van der Waals surface area contributed by atoms with Crippen LogP contribution in [0.25, 0.3) is 10.8 Å². The maximum atomic E-state index is 12.9. The fourth-order valence-electron chi connectivity index (χ4n) is 3.79. The van der Waals surface area contributed by atoms with E-state index in [4.69, 9.17) is 4.74 Å². The van der Waals surface area contributed by atoms with Crippen molar-refractivity contribution < 1.29 is 14.3 Å². The molecule has 0 radical (unpaired) electrons. The number of rotatable bonds is 5. The van der Waals surface area contributed by atoms with Crippen molar-refractivity contribution in [2.24, 2.45) is 5.92 Å². The number of hydrogen-bond donors (Lipinski definition) is 0. The molecule has 1 saturated heterocycles. The van der Waals surface area contributed by atoms with E-state index in [1.54, 1.807) is 29.2 Å². The highest BCUT2D eigenvalue weighted by Crippen LogP contribution is 2.17. The van der Waals surface area contributed by atoms with Gasteiger partial charge in [0.15, 0.2) is 12.3 Å². The summed E-state index contributed by atoms with van der Waals surface area (Å²) in [5.41, 5.74) is 0.641. The first kappa shape index (κ1) is 20.8. The number of hydrogen-bond acceptors (Lipinski definition) is 5. The number of esters is 1. The molecular formula is C24H25N3O4. The summed E-state index contributed by atoms with van der Waals surface area (Å²) in [7, 11) is 0. The number of ether oxygens (including phenoxy) is 1. The van der Waals surface area contributed by atoms with Crippen LogP contribution in [0.15, 0.2) is 59.4 Å². The second-order valence-electron chi connectivity index (χ2n) is 7.98. The summed E-state index contributed by atoms with van der Waals surface area (Å²) >= 11 is 0. The maximum absolute atomic E-state index is 12.9. The highest BCUT2D eigenvalue weighted by Gasteiger charge is 2.23. The molecule has 1 fully saturated rings. The van der Waals surface area contributed by atoms with E-state index >= 15 is 0 Å². The predicted molar refractivity (Wildman–Crippen MR) is 117 cm³/mol. The van der Waals surface area contributed by atoms with Crippen LogP contribution in [0.2, 0.25) is 0 Å². The van der Waals surface area contributed by atoms with Gasteiger partial charge in [-0.25, -0.2) is 9.48 Å². The van der Waals surface area contributed by atoms with E-state index in [1.807, 2.05) is 30.3 Å². The van der Waals surface area contributed by atoms with Gasteiger partial charge >= 0.3 is 5.97 Å². The zero-order chi connectivity index (χ0) is 21.8. The minimum absolute atomic E-state index is 0.0335. The van der Waals surface area contributed by atoms with Crippen LogP contribution >= 0.6 is 0 Å². The van der Waals surface area contributed by atoms with Gasteiger partial charge in [0.25, 0.3) is 11.5 Å². The van der Waals surface area contributed by atoms with E-state index in [0.29, 0.717) is 29.8 Å². The molecule has 0 aliphatic carbocycles. The van der Waals surface area contributed by atoms with Crippen molar-refractivity contribution in [3.8, 4) is 0 Å². The molecule has 2 aromatic carbocycles. The summed E-state index contributed by atoms with van der Waals surface area (Å²) in [5.74, 6) is -0.313. The highest BCUT2D eigenvalue weighted by molar-refractivity contribution is 6.02. The Hall–Kier alpha value is -3.48. The molecule has 1 aliphatic rings. The van der Waals surface area contributed by atoms with Crippen molar-refractivity contribution in [1.29, 1.82) is 0 Å². The molecule has 160 valence electrons. The van der Waals surface area contributed by atoms with Crippen molar-refractivity contribution in [3.63, 3.8) is 0 Å². The largest absolute Gasteiger partial charge is 0.451 e. The molecule has 0 spiro atoms. The van der Waals surface area contributed by atoms with Crippen LogP contribution in [0.5, 0.6) is 0 Å². The van der Waals surface area contributed by atoms with Gasteiger partial charge in [-0.2, -0.15) is 5.10 Å². The quantitative estimate of drug-likeness (QED) is 0.594. The minimum atomic E-state index is -0.711. The molecule has 1 amide bonds. The van der Waals surface area contributed by atoms with Crippen molar-refractivity contribution >= 4 is 22.6 Å². The van der Waals surface area contributed by atoms with Crippen LogP contribution in [0.3, 0.4) is 0 Å². The van der Waals surface area contributed by atoms with E-state index in [1.165, 1.54) is 4.68 Å². The first-order valence-corrected chi connectivity index (χ1v) is 10.5. The van der Waals surface area contributed by atoms with Gasteiger partial charge in [0.2, 0.25) is 0 Å². The molecule has 7 nitrogen and oxygen atoms in total. The Bertz CT molecular complexity index is 1150. The molecule has 2 heterocycles. The number of benzene rings is 2. The molecule has 3 aromatic rings. The third kappa shape index (κ3) is 4.66. The predicted octanol–water partition coefficient (Wildman–Crippen LogP) is 2.86. The fraction of sp³-hybridized carbons (Fsp3) is 0.333. The molecule has 7 heteroatoms. The average Bonchev–Trinajstić information content (AvgIpc) is 2.80. The average molecular weight is 419 g/mol. The maximum Gasteiger partial charge on any atom is 0.359 e. The SMILES string of the molecule is CC1CCN(C(=O)COC(=O)c2nn(Cc3ccccc3)c(=O)c3ccccc23)CC1. The summed E-state index contributed by atoms with van der Waals surface area (Å²) in [5, 5.41) is 5.10. The van der Waals surface area contributed by atoms with E-state index in [-0.39, 0.29) is 30.3 Å². The van der Waals surface area contributed by atoms with Crippen molar-refractivity contribution in [2.45, 2.75) is 26.3 Å². The lowest BCUT2D eigenvalue weighted by molar-refractivity contribution is -0.135. The van der Waals surface area contributed by atoms with Crippen LogP contribution in [0, 0.1) is 5.92 Å². The number of aromatic nitrogens is 2. The van der Waals surface area contributed by atoms with Crippen molar-refractivity contribution in [3.05, 3.63) is 76.2 Å². The lowest BCUT2D eigenvalue weighted by atomic mass is 9.99. The number of amides is 1. The molecule has 1 aromatic heterocycles. The zero-order valence-corrected chi connectivity index (χ0v) is 17.5. The normalized spacial score (nSPS) is 14.5. The summed E-state index contributed by atoms with van der Waals surface area (Å²) < 4.78 is 6.58. The van der Waals surface area contributed by atoms with Crippen LogP contribution in [-0.2, 0) is 16.1 Å². The number of nitrogens with zero attached hydrogens (tertiary/aromatic N) is 3. The van der Waals surface area contributed by atoms with E-state index < -0.39 is 5.97 Å². The molecular weight excluding hydrogens is 394 g/mol. The second-order valence-corrected chi connectivity index (χ2v) is 7.98. The topological polar surface area (TPSA) is 81.5 Å². The summed E-state index contributed by atoms with van der Waals surface area (Å²) in [6.45, 7) is 3.43. The smallest absolute Gasteiger partial charge is 0.359 e. The molecule has 4 rings (SSSR count).